The van der Waals surface area contributed by atoms with E-state index in [0.717, 1.165) is 35.2 Å². The number of benzene rings is 1. The third kappa shape index (κ3) is 3.68. The number of carboxylic acids is 1. The number of carbonyl (C=O) groups is 1. The first-order valence-corrected chi connectivity index (χ1v) is 6.49. The lowest BCUT2D eigenvalue weighted by atomic mass is 10.1. The summed E-state index contributed by atoms with van der Waals surface area (Å²) in [6.45, 7) is 2.75. The fourth-order valence-electron chi connectivity index (χ4n) is 2.08. The van der Waals surface area contributed by atoms with Gasteiger partial charge >= 0.3 is 5.97 Å². The minimum absolute atomic E-state index is 0.234. The number of nitrogens with zero attached hydrogens (tertiary/aromatic N) is 1. The van der Waals surface area contributed by atoms with Crippen LogP contribution >= 0.6 is 0 Å². The Morgan fingerprint density at radius 3 is 2.89 bits per heavy atom. The average molecular weight is 258 g/mol. The van der Waals surface area contributed by atoms with Gasteiger partial charge in [-0.3, -0.25) is 9.78 Å². The molecule has 2 rings (SSSR count). The molecule has 2 aromatic rings. The number of aliphatic carboxylic acids is 1. The number of hydrogen-bond donors (Lipinski definition) is 2. The van der Waals surface area contributed by atoms with Crippen molar-refractivity contribution >= 4 is 22.6 Å². The Hall–Kier alpha value is -2.10. The van der Waals surface area contributed by atoms with Crippen LogP contribution in [0.25, 0.3) is 10.9 Å². The number of pyridine rings is 1. The number of carboxylic acid groups (broad SMARTS) is 1. The van der Waals surface area contributed by atoms with Crippen LogP contribution in [0.4, 0.5) is 5.69 Å². The highest BCUT2D eigenvalue weighted by atomic mass is 16.4. The Kier molecular flexibility index (Phi) is 4.34. The van der Waals surface area contributed by atoms with Crippen molar-refractivity contribution in [1.82, 2.24) is 4.98 Å². The van der Waals surface area contributed by atoms with Crippen molar-refractivity contribution < 1.29 is 9.90 Å². The third-order valence-electron chi connectivity index (χ3n) is 2.98. The summed E-state index contributed by atoms with van der Waals surface area (Å²) in [7, 11) is 0. The summed E-state index contributed by atoms with van der Waals surface area (Å²) in [6.07, 6.45) is 1.78. The van der Waals surface area contributed by atoms with Crippen LogP contribution in [0.15, 0.2) is 30.3 Å². The average Bonchev–Trinajstić information content (AvgIpc) is 2.37. The van der Waals surface area contributed by atoms with Gasteiger partial charge in [0, 0.05) is 29.7 Å². The predicted molar refractivity (Wildman–Crippen MR) is 76.5 cm³/mol. The van der Waals surface area contributed by atoms with E-state index in [1.54, 1.807) is 0 Å². The smallest absolute Gasteiger partial charge is 0.303 e. The highest BCUT2D eigenvalue weighted by Gasteiger charge is 2.03. The summed E-state index contributed by atoms with van der Waals surface area (Å²) in [4.78, 5) is 14.9. The summed E-state index contributed by atoms with van der Waals surface area (Å²) in [6, 6.07) is 10.0. The van der Waals surface area contributed by atoms with Crippen LogP contribution in [0.5, 0.6) is 0 Å². The highest BCUT2D eigenvalue weighted by molar-refractivity contribution is 5.91. The minimum atomic E-state index is -0.731. The fourth-order valence-corrected chi connectivity index (χ4v) is 2.08. The van der Waals surface area contributed by atoms with Crippen molar-refractivity contribution in [2.75, 3.05) is 11.9 Å². The van der Waals surface area contributed by atoms with Gasteiger partial charge in [-0.2, -0.15) is 0 Å². The van der Waals surface area contributed by atoms with Crippen LogP contribution in [0.1, 0.15) is 25.0 Å². The Balaban J connectivity index is 2.02. The molecule has 2 N–H and O–H groups in total. The van der Waals surface area contributed by atoms with E-state index in [2.05, 4.69) is 10.3 Å². The van der Waals surface area contributed by atoms with E-state index in [4.69, 9.17) is 5.11 Å². The SMILES string of the molecule is Cc1cc(NCCCCC(=O)O)c2ccccc2n1. The van der Waals surface area contributed by atoms with Gasteiger partial charge < -0.3 is 10.4 Å². The molecule has 4 nitrogen and oxygen atoms in total. The minimum Gasteiger partial charge on any atom is -0.481 e. The molecule has 1 heterocycles. The van der Waals surface area contributed by atoms with E-state index >= 15 is 0 Å². The largest absolute Gasteiger partial charge is 0.481 e. The fraction of sp³-hybridized carbons (Fsp3) is 0.333. The number of nitrogens with one attached hydrogen (secondary N) is 1. The van der Waals surface area contributed by atoms with E-state index in [-0.39, 0.29) is 6.42 Å². The maximum Gasteiger partial charge on any atom is 0.303 e. The maximum atomic E-state index is 10.4. The second-order valence-electron chi connectivity index (χ2n) is 4.61. The molecular formula is C15H18N2O2. The van der Waals surface area contributed by atoms with Crippen LogP contribution < -0.4 is 5.32 Å². The van der Waals surface area contributed by atoms with Crippen LogP contribution in [-0.4, -0.2) is 22.6 Å². The maximum absolute atomic E-state index is 10.4. The molecule has 0 spiro atoms. The first kappa shape index (κ1) is 13.3. The summed E-state index contributed by atoms with van der Waals surface area (Å²) in [5.41, 5.74) is 3.03. The molecule has 0 fully saturated rings. The molecule has 19 heavy (non-hydrogen) atoms. The summed E-state index contributed by atoms with van der Waals surface area (Å²) >= 11 is 0. The molecule has 0 amide bonds. The number of aryl methyl sites for hydroxylation is 1. The quantitative estimate of drug-likeness (QED) is 0.781. The van der Waals surface area contributed by atoms with Crippen molar-refractivity contribution in [2.45, 2.75) is 26.2 Å². The van der Waals surface area contributed by atoms with Crippen molar-refractivity contribution in [3.8, 4) is 0 Å². The Morgan fingerprint density at radius 1 is 1.32 bits per heavy atom. The van der Waals surface area contributed by atoms with Crippen LogP contribution in [0.2, 0.25) is 0 Å². The predicted octanol–water partition coefficient (Wildman–Crippen LogP) is 3.21. The first-order chi connectivity index (χ1) is 9.16. The molecule has 0 atom stereocenters. The second-order valence-corrected chi connectivity index (χ2v) is 4.61. The van der Waals surface area contributed by atoms with Gasteiger partial charge in [-0.25, -0.2) is 0 Å². The molecule has 1 aromatic heterocycles. The molecule has 0 aliphatic heterocycles. The topological polar surface area (TPSA) is 62.2 Å². The highest BCUT2D eigenvalue weighted by Crippen LogP contribution is 2.22. The van der Waals surface area contributed by atoms with Gasteiger partial charge in [-0.15, -0.1) is 0 Å². The zero-order chi connectivity index (χ0) is 13.7. The van der Waals surface area contributed by atoms with Crippen LogP contribution in [-0.2, 0) is 4.79 Å². The van der Waals surface area contributed by atoms with Crippen molar-refractivity contribution in [3.63, 3.8) is 0 Å². The molecule has 0 aliphatic carbocycles. The number of anilines is 1. The summed E-state index contributed by atoms with van der Waals surface area (Å²) < 4.78 is 0. The van der Waals surface area contributed by atoms with Crippen LogP contribution in [0, 0.1) is 6.92 Å². The number of rotatable bonds is 6. The third-order valence-corrected chi connectivity index (χ3v) is 2.98. The zero-order valence-corrected chi connectivity index (χ0v) is 11.0. The Bertz CT molecular complexity index is 581. The summed E-state index contributed by atoms with van der Waals surface area (Å²) in [5.74, 6) is -0.731. The number of hydrogen-bond acceptors (Lipinski definition) is 3. The van der Waals surface area contributed by atoms with Crippen LogP contribution in [0.3, 0.4) is 0 Å². The van der Waals surface area contributed by atoms with E-state index in [1.807, 2.05) is 37.3 Å². The monoisotopic (exact) mass is 258 g/mol. The number of aromatic nitrogens is 1. The lowest BCUT2D eigenvalue weighted by Crippen LogP contribution is -2.04. The molecular weight excluding hydrogens is 240 g/mol. The molecule has 0 aliphatic rings. The Morgan fingerprint density at radius 2 is 2.11 bits per heavy atom. The van der Waals surface area contributed by atoms with Gasteiger partial charge in [-0.1, -0.05) is 18.2 Å². The van der Waals surface area contributed by atoms with Gasteiger partial charge in [0.15, 0.2) is 0 Å². The lowest BCUT2D eigenvalue weighted by molar-refractivity contribution is -0.137. The molecule has 4 heteroatoms. The van der Waals surface area contributed by atoms with Gasteiger partial charge in [0.2, 0.25) is 0 Å². The standard InChI is InChI=1S/C15H18N2O2/c1-11-10-14(16-9-5-4-8-15(18)19)12-6-2-3-7-13(12)17-11/h2-3,6-7,10H,4-5,8-9H2,1H3,(H,16,17)(H,18,19). The molecule has 0 bridgehead atoms. The number of unbranched alkanes of at least 4 members (excludes halogenated alkanes) is 1. The van der Waals surface area contributed by atoms with Gasteiger partial charge in [0.1, 0.15) is 0 Å². The van der Waals surface area contributed by atoms with Gasteiger partial charge in [0.05, 0.1) is 5.52 Å². The molecule has 0 unspecified atom stereocenters. The van der Waals surface area contributed by atoms with E-state index < -0.39 is 5.97 Å². The lowest BCUT2D eigenvalue weighted by Gasteiger charge is -2.10. The summed E-state index contributed by atoms with van der Waals surface area (Å²) in [5, 5.41) is 13.1. The molecule has 0 saturated heterocycles. The van der Waals surface area contributed by atoms with E-state index in [1.165, 1.54) is 0 Å². The zero-order valence-electron chi connectivity index (χ0n) is 11.0. The molecule has 100 valence electrons. The van der Waals surface area contributed by atoms with Crippen molar-refractivity contribution in [3.05, 3.63) is 36.0 Å². The first-order valence-electron chi connectivity index (χ1n) is 6.49. The molecule has 1 aromatic carbocycles. The van der Waals surface area contributed by atoms with Gasteiger partial charge in [-0.05, 0) is 31.9 Å². The van der Waals surface area contributed by atoms with E-state index in [9.17, 15) is 4.79 Å². The molecule has 0 radical (unpaired) electrons. The second kappa shape index (κ2) is 6.18. The van der Waals surface area contributed by atoms with E-state index in [0.29, 0.717) is 6.42 Å². The molecule has 0 saturated carbocycles. The Labute approximate surface area is 112 Å². The van der Waals surface area contributed by atoms with Crippen molar-refractivity contribution in [2.24, 2.45) is 0 Å². The van der Waals surface area contributed by atoms with Crippen molar-refractivity contribution in [1.29, 1.82) is 0 Å². The number of fused-ring (bicyclic) bond motifs is 1. The van der Waals surface area contributed by atoms with Gasteiger partial charge in [0.25, 0.3) is 0 Å². The number of para-hydroxylation sites is 1. The normalized spacial score (nSPS) is 10.6.